The number of hydrogen-bond acceptors (Lipinski definition) is 7. The zero-order valence-electron chi connectivity index (χ0n) is 11.9. The molecule has 1 aliphatic heterocycles. The number of methoxy groups -OCH3 is 1. The fraction of sp³-hybridized carbons (Fsp3) is 0.429. The number of anilines is 1. The molecule has 0 spiro atoms. The van der Waals surface area contributed by atoms with Crippen LogP contribution in [0.15, 0.2) is 22.7 Å². The number of nitrogens with zero attached hydrogens (tertiary/aromatic N) is 2. The lowest BCUT2D eigenvalue weighted by Crippen LogP contribution is -2.16. The molecular formula is C14H17N3O2S2. The van der Waals surface area contributed by atoms with E-state index >= 15 is 0 Å². The predicted molar refractivity (Wildman–Crippen MR) is 87.8 cm³/mol. The molecule has 1 saturated heterocycles. The predicted octanol–water partition coefficient (Wildman–Crippen LogP) is 3.24. The number of nitrogen functional groups attached to an aromatic ring is 1. The normalized spacial score (nSPS) is 22.2. The van der Waals surface area contributed by atoms with Gasteiger partial charge in [0.15, 0.2) is 5.82 Å². The van der Waals surface area contributed by atoms with Crippen molar-refractivity contribution in [3.05, 3.63) is 24.0 Å². The van der Waals surface area contributed by atoms with Crippen molar-refractivity contribution in [2.24, 2.45) is 0 Å². The van der Waals surface area contributed by atoms with Crippen molar-refractivity contribution >= 4 is 29.2 Å². The van der Waals surface area contributed by atoms with Gasteiger partial charge in [-0.2, -0.15) is 16.7 Å². The van der Waals surface area contributed by atoms with Crippen LogP contribution in [0.4, 0.5) is 5.69 Å². The van der Waals surface area contributed by atoms with Gasteiger partial charge in [0, 0.05) is 28.5 Å². The van der Waals surface area contributed by atoms with E-state index in [4.69, 9.17) is 15.0 Å². The number of rotatable bonds is 3. The molecule has 7 heteroatoms. The van der Waals surface area contributed by atoms with E-state index in [0.29, 0.717) is 22.6 Å². The molecule has 2 atom stereocenters. The Morgan fingerprint density at radius 3 is 2.86 bits per heavy atom. The van der Waals surface area contributed by atoms with Gasteiger partial charge in [0.1, 0.15) is 5.75 Å². The molecule has 3 rings (SSSR count). The summed E-state index contributed by atoms with van der Waals surface area (Å²) in [7, 11) is 1.61. The molecule has 0 amide bonds. The molecule has 0 bridgehead atoms. The monoisotopic (exact) mass is 323 g/mol. The second-order valence-electron chi connectivity index (χ2n) is 4.78. The van der Waals surface area contributed by atoms with Gasteiger partial charge in [-0.15, -0.1) is 11.8 Å². The van der Waals surface area contributed by atoms with Crippen molar-refractivity contribution in [1.29, 1.82) is 0 Å². The Bertz CT molecular complexity index is 632. The van der Waals surface area contributed by atoms with Crippen molar-refractivity contribution in [3.63, 3.8) is 0 Å². The summed E-state index contributed by atoms with van der Waals surface area (Å²) in [5, 5.41) is 4.91. The standard InChI is InChI=1S/C14H17N3O2S2/c1-8-12(21-6-5-20-8)13-16-14(19-17-13)10-4-3-9(18-2)7-11(10)15/h3-4,7-8,12H,5-6,15H2,1-2H3. The largest absolute Gasteiger partial charge is 0.497 e. The summed E-state index contributed by atoms with van der Waals surface area (Å²) in [5.41, 5.74) is 7.35. The third kappa shape index (κ3) is 2.98. The van der Waals surface area contributed by atoms with Crippen LogP contribution in [0.2, 0.25) is 0 Å². The van der Waals surface area contributed by atoms with Crippen LogP contribution in [0.5, 0.6) is 5.75 Å². The number of nitrogens with two attached hydrogens (primary N) is 1. The van der Waals surface area contributed by atoms with E-state index in [2.05, 4.69) is 17.1 Å². The molecule has 0 radical (unpaired) electrons. The topological polar surface area (TPSA) is 74.2 Å². The van der Waals surface area contributed by atoms with Crippen LogP contribution in [-0.4, -0.2) is 34.0 Å². The molecule has 2 heterocycles. The fourth-order valence-electron chi connectivity index (χ4n) is 2.24. The van der Waals surface area contributed by atoms with E-state index in [1.54, 1.807) is 13.2 Å². The molecular weight excluding hydrogens is 306 g/mol. The summed E-state index contributed by atoms with van der Waals surface area (Å²) in [6.45, 7) is 2.21. The Balaban J connectivity index is 1.87. The average Bonchev–Trinajstić information content (AvgIpc) is 2.97. The molecule has 1 aliphatic rings. The van der Waals surface area contributed by atoms with Crippen LogP contribution in [0.1, 0.15) is 18.0 Å². The van der Waals surface area contributed by atoms with Gasteiger partial charge in [-0.05, 0) is 12.1 Å². The maximum absolute atomic E-state index is 6.03. The molecule has 2 aromatic rings. The summed E-state index contributed by atoms with van der Waals surface area (Å²) in [5.74, 6) is 4.23. The first-order valence-electron chi connectivity index (χ1n) is 6.69. The Morgan fingerprint density at radius 1 is 1.33 bits per heavy atom. The van der Waals surface area contributed by atoms with Gasteiger partial charge in [0.25, 0.3) is 5.89 Å². The lowest BCUT2D eigenvalue weighted by Gasteiger charge is -2.24. The minimum absolute atomic E-state index is 0.278. The maximum atomic E-state index is 6.03. The van der Waals surface area contributed by atoms with Gasteiger partial charge in [-0.25, -0.2) is 0 Å². The Labute approximate surface area is 132 Å². The lowest BCUT2D eigenvalue weighted by atomic mass is 10.1. The molecule has 1 aromatic carbocycles. The highest BCUT2D eigenvalue weighted by atomic mass is 32.2. The minimum atomic E-state index is 0.278. The zero-order chi connectivity index (χ0) is 14.8. The maximum Gasteiger partial charge on any atom is 0.260 e. The Hall–Kier alpha value is -1.34. The highest BCUT2D eigenvalue weighted by Crippen LogP contribution is 2.41. The van der Waals surface area contributed by atoms with Crippen molar-refractivity contribution in [3.8, 4) is 17.2 Å². The Morgan fingerprint density at radius 2 is 2.14 bits per heavy atom. The van der Waals surface area contributed by atoms with Gasteiger partial charge >= 0.3 is 0 Å². The van der Waals surface area contributed by atoms with Crippen molar-refractivity contribution in [1.82, 2.24) is 10.1 Å². The molecule has 0 aliphatic carbocycles. The number of aromatic nitrogens is 2. The summed E-state index contributed by atoms with van der Waals surface area (Å²) in [4.78, 5) is 4.54. The van der Waals surface area contributed by atoms with E-state index in [0.717, 1.165) is 17.1 Å². The zero-order valence-corrected chi connectivity index (χ0v) is 13.5. The molecule has 0 saturated carbocycles. The molecule has 5 nitrogen and oxygen atoms in total. The molecule has 1 fully saturated rings. The van der Waals surface area contributed by atoms with Gasteiger partial charge in [-0.3, -0.25) is 0 Å². The van der Waals surface area contributed by atoms with Crippen molar-refractivity contribution in [2.75, 3.05) is 24.3 Å². The molecule has 1 aromatic heterocycles. The smallest absolute Gasteiger partial charge is 0.260 e. The highest BCUT2D eigenvalue weighted by molar-refractivity contribution is 8.06. The van der Waals surface area contributed by atoms with Crippen LogP contribution in [0.3, 0.4) is 0 Å². The summed E-state index contributed by atoms with van der Waals surface area (Å²) < 4.78 is 10.5. The van der Waals surface area contributed by atoms with Gasteiger partial charge in [-0.1, -0.05) is 12.1 Å². The first-order chi connectivity index (χ1) is 10.2. The van der Waals surface area contributed by atoms with Gasteiger partial charge < -0.3 is 15.0 Å². The van der Waals surface area contributed by atoms with Crippen LogP contribution < -0.4 is 10.5 Å². The highest BCUT2D eigenvalue weighted by Gasteiger charge is 2.28. The molecule has 2 unspecified atom stereocenters. The second kappa shape index (κ2) is 6.19. The molecule has 21 heavy (non-hydrogen) atoms. The summed E-state index contributed by atoms with van der Waals surface area (Å²) in [6, 6.07) is 5.44. The third-order valence-corrected chi connectivity index (χ3v) is 6.46. The number of hydrogen-bond donors (Lipinski definition) is 1. The quantitative estimate of drug-likeness (QED) is 0.869. The molecule has 2 N–H and O–H groups in total. The first kappa shape index (κ1) is 14.6. The van der Waals surface area contributed by atoms with E-state index in [9.17, 15) is 0 Å². The molecule has 112 valence electrons. The van der Waals surface area contributed by atoms with E-state index in [-0.39, 0.29) is 5.25 Å². The van der Waals surface area contributed by atoms with E-state index < -0.39 is 0 Å². The summed E-state index contributed by atoms with van der Waals surface area (Å²) >= 11 is 3.84. The van der Waals surface area contributed by atoms with Crippen LogP contribution in [0.25, 0.3) is 11.5 Å². The van der Waals surface area contributed by atoms with Crippen molar-refractivity contribution < 1.29 is 9.26 Å². The van der Waals surface area contributed by atoms with Gasteiger partial charge in [0.2, 0.25) is 0 Å². The average molecular weight is 323 g/mol. The van der Waals surface area contributed by atoms with Crippen LogP contribution >= 0.6 is 23.5 Å². The van der Waals surface area contributed by atoms with Crippen molar-refractivity contribution in [2.45, 2.75) is 17.4 Å². The van der Waals surface area contributed by atoms with Crippen LogP contribution in [0, 0.1) is 0 Å². The van der Waals surface area contributed by atoms with Gasteiger partial charge in [0.05, 0.1) is 17.9 Å². The first-order valence-corrected chi connectivity index (χ1v) is 8.79. The number of benzene rings is 1. The summed E-state index contributed by atoms with van der Waals surface area (Å²) in [6.07, 6.45) is 0. The van der Waals surface area contributed by atoms with E-state index in [1.165, 1.54) is 5.75 Å². The SMILES string of the molecule is COc1ccc(-c2nc(C3SCCSC3C)no2)c(N)c1. The lowest BCUT2D eigenvalue weighted by molar-refractivity contribution is 0.414. The number of thioether (sulfide) groups is 2. The minimum Gasteiger partial charge on any atom is -0.497 e. The van der Waals surface area contributed by atoms with Crippen LogP contribution in [-0.2, 0) is 0 Å². The third-order valence-electron chi connectivity index (χ3n) is 3.37. The second-order valence-corrected chi connectivity index (χ2v) is 7.51. The number of ether oxygens (including phenoxy) is 1. The van der Waals surface area contributed by atoms with E-state index in [1.807, 2.05) is 35.7 Å². The Kier molecular flexibility index (Phi) is 4.30. The fourth-order valence-corrected chi connectivity index (χ4v) is 4.92.